The highest BCUT2D eigenvalue weighted by atomic mass is 16.8. The molecule has 0 aromatic carbocycles. The van der Waals surface area contributed by atoms with Gasteiger partial charge in [0.05, 0.1) is 111 Å². The fraction of sp³-hybridized carbons (Fsp3) is 0.773. The number of ether oxygens (including phenoxy) is 20. The second-order valence-corrected chi connectivity index (χ2v) is 38.4. The number of aliphatic hydroxyl groups is 4. The summed E-state index contributed by atoms with van der Waals surface area (Å²) in [6.07, 6.45) is 20.5. The molecule has 28 heteroatoms. The van der Waals surface area contributed by atoms with E-state index in [1.165, 1.54) is 0 Å². The normalized spacial score (nSPS) is 48.6. The van der Waals surface area contributed by atoms with Crippen molar-refractivity contribution in [3.05, 3.63) is 119 Å². The van der Waals surface area contributed by atoms with Gasteiger partial charge in [-0.05, 0) is 140 Å². The van der Waals surface area contributed by atoms with Crippen LogP contribution in [0.1, 0.15) is 181 Å². The van der Waals surface area contributed by atoms with E-state index in [0.717, 1.165) is 17.6 Å². The summed E-state index contributed by atoms with van der Waals surface area (Å²) in [7, 11) is 10.6. The minimum Gasteiger partial charge on any atom is -0.462 e. The van der Waals surface area contributed by atoms with Crippen molar-refractivity contribution in [3.63, 3.8) is 0 Å². The molecule has 0 unspecified atom stereocenters. The van der Waals surface area contributed by atoms with Crippen LogP contribution >= 0.6 is 0 Å². The zero-order valence-corrected chi connectivity index (χ0v) is 77.8. The van der Waals surface area contributed by atoms with Crippen molar-refractivity contribution in [2.45, 2.75) is 376 Å². The molecule has 8 fully saturated rings. The molecule has 0 aromatic heterocycles. The van der Waals surface area contributed by atoms with E-state index in [4.69, 9.17) is 94.7 Å². The van der Waals surface area contributed by atoms with E-state index in [-0.39, 0.29) is 134 Å². The standard InChI is InChI=1S/C49H75NO13.C48H73NO13/c1-12-26(2)44-29(5)18-19-48(63-44)24-35-21-34(62-48)17-16-28(4)43(27(3)14-13-15-33-25-56-46-42(51)30(6)20-36(47(52)59-35)49(33,46)53)60-40-23-38(55-11)45(32(8)58-40)61-39-22-37(54-10)41(50-9)31(7)57-39;1-25(2)42-28(5)17-18-47(62-42)23-34-20-33(61-47)16-15-27(4)43(26(3)13-12-14-32-24-55-45-41(50)29(6)19-35(46(51)58-34)48(32,45)52)59-39-22-37(54-11)44(31(8)57-39)60-38-21-36(53-10)40(49-9)30(7)56-38/h13-16,18-20,26-27,29,31-32,34-46,50-51,53H,12,17,21-25H2,1-11H3;12-15,17-19,25-26,28,30-31,33-45,49-50,52H,16,20-24H2,1-11H3/b14-13+,28-16+,33-15+;13-12+,27-15+,32-14-/t26-,27-,29-,31-,32-,34+,35-,36-,37-,38-,39-,40-,41-,42+,43-,44+,45-,46+,48+,49+;26-,28-,30-,31-,33+,34-,35-,36-,37-,38-,39-,40-,41+,42+,43-,44-,45+,47+,48+/m00/s1. The molecule has 4 bridgehead atoms. The van der Waals surface area contributed by atoms with Crippen LogP contribution in [0.3, 0.4) is 0 Å². The first kappa shape index (κ1) is 97.9. The van der Waals surface area contributed by atoms with Gasteiger partial charge in [-0.15, -0.1) is 0 Å². The van der Waals surface area contributed by atoms with E-state index in [1.54, 1.807) is 66.6 Å². The Balaban J connectivity index is 0.000000215. The van der Waals surface area contributed by atoms with Crippen LogP contribution in [0.4, 0.5) is 0 Å². The number of esters is 2. The maximum absolute atomic E-state index is 14.4. The molecule has 8 saturated heterocycles. The number of carbonyl (C=O) groups is 2. The Labute approximate surface area is 741 Å². The predicted octanol–water partition coefficient (Wildman–Crippen LogP) is 10.8. The summed E-state index contributed by atoms with van der Waals surface area (Å²) >= 11 is 0. The van der Waals surface area contributed by atoms with Gasteiger partial charge >= 0.3 is 11.9 Å². The summed E-state index contributed by atoms with van der Waals surface area (Å²) in [4.78, 5) is 28.7. The van der Waals surface area contributed by atoms with E-state index < -0.39 is 133 Å². The van der Waals surface area contributed by atoms with Crippen LogP contribution in [-0.4, -0.2) is 282 Å². The quantitative estimate of drug-likeness (QED) is 0.0582. The summed E-state index contributed by atoms with van der Waals surface area (Å²) in [6, 6.07) is 0.0887. The molecule has 0 saturated carbocycles. The van der Waals surface area contributed by atoms with Gasteiger partial charge in [0.2, 0.25) is 0 Å². The SMILES string of the molecule is CC[C@H](C)[C@H]1O[C@]2(C=C[C@@H]1C)C[C@@H]1C[C@@H](C/C=C(\C)[C@@H](O[C@H]3C[C@H](OC)[C@@H](O[C@H]4C[C@H](OC)[C@@H](NC)[C@H](C)O4)[C@H](C)O3)[C@@H](C)/C=C/C=C3\CO[C@@H]4[C@H](O)C(C)=C[C@@H](C(=O)O1)[C@]34O)O2.CN[C@H]1[C@H](C)O[C@@H](O[C@H]2[C@H](C)O[C@@H](O[C@@H]3/C(C)=C/C[C@@H]4C[C@@H](C[C@]5(C=C[C@H](C)[C@@H](C(C)C)O5)O4)OC(=O)[C@@H]4C=C(C)[C@@H](O)[C@H]5OC/C(=C/C=C/[C@@H]3C)[C@]54O)C[C@@H]2OC)C[C@@H]1OC. The summed E-state index contributed by atoms with van der Waals surface area (Å²) < 4.78 is 129. The molecule has 12 aliphatic heterocycles. The molecule has 14 rings (SSSR count). The van der Waals surface area contributed by atoms with Crippen molar-refractivity contribution in [3.8, 4) is 0 Å². The van der Waals surface area contributed by atoms with Gasteiger partial charge in [0.25, 0.3) is 0 Å². The Morgan fingerprint density at radius 1 is 0.472 bits per heavy atom. The van der Waals surface area contributed by atoms with Gasteiger partial charge in [0.15, 0.2) is 36.7 Å². The third-order valence-electron chi connectivity index (χ3n) is 29.2. The first-order valence-corrected chi connectivity index (χ1v) is 46.2. The van der Waals surface area contributed by atoms with Gasteiger partial charge in [0, 0.05) is 103 Å². The third-order valence-corrected chi connectivity index (χ3v) is 29.2. The highest BCUT2D eigenvalue weighted by molar-refractivity contribution is 5.79. The first-order chi connectivity index (χ1) is 59.5. The summed E-state index contributed by atoms with van der Waals surface area (Å²) in [5.74, 6) is -5.07. The number of aliphatic hydroxyl groups excluding tert-OH is 2. The second-order valence-electron chi connectivity index (χ2n) is 38.4. The number of rotatable bonds is 17. The molecule has 12 heterocycles. The average molecular weight is 1760 g/mol. The number of allylic oxidation sites excluding steroid dienone is 4. The second kappa shape index (κ2) is 41.7. The van der Waals surface area contributed by atoms with E-state index in [1.807, 2.05) is 78.2 Å². The fourth-order valence-electron chi connectivity index (χ4n) is 21.9. The Kier molecular flexibility index (Phi) is 32.6. The van der Waals surface area contributed by atoms with Crippen molar-refractivity contribution < 1.29 is 125 Å². The highest BCUT2D eigenvalue weighted by Crippen LogP contribution is 2.51. The molecule has 702 valence electrons. The minimum atomic E-state index is -1.83. The van der Waals surface area contributed by atoms with Crippen LogP contribution in [0.25, 0.3) is 0 Å². The monoisotopic (exact) mass is 1760 g/mol. The van der Waals surface area contributed by atoms with Gasteiger partial charge in [-0.3, -0.25) is 9.59 Å². The summed E-state index contributed by atoms with van der Waals surface area (Å²) in [6.45, 7) is 32.7. The first-order valence-electron chi connectivity index (χ1n) is 46.2. The van der Waals surface area contributed by atoms with Crippen LogP contribution in [0.5, 0.6) is 0 Å². The number of methoxy groups -OCH3 is 4. The number of hydrogen-bond acceptors (Lipinski definition) is 28. The number of likely N-dealkylation sites (N-methyl/N-ethyl adjacent to an activating group) is 2. The molecule has 2 aliphatic carbocycles. The molecular formula is C97H148N2O26. The van der Waals surface area contributed by atoms with Crippen LogP contribution in [0, 0.1) is 47.3 Å². The largest absolute Gasteiger partial charge is 0.462 e. The van der Waals surface area contributed by atoms with E-state index in [2.05, 4.69) is 104 Å². The number of fused-ring (bicyclic) bond motifs is 4. The van der Waals surface area contributed by atoms with E-state index >= 15 is 0 Å². The van der Waals surface area contributed by atoms with Crippen molar-refractivity contribution in [1.29, 1.82) is 0 Å². The van der Waals surface area contributed by atoms with E-state index in [9.17, 15) is 30.0 Å². The number of nitrogens with one attached hydrogen (secondary N) is 2. The average Bonchev–Trinajstić information content (AvgIpc) is 1.60. The zero-order valence-electron chi connectivity index (χ0n) is 77.8. The summed E-state index contributed by atoms with van der Waals surface area (Å²) in [5, 5.41) is 54.1. The zero-order chi connectivity index (χ0) is 90.1. The van der Waals surface area contributed by atoms with Crippen molar-refractivity contribution >= 4 is 11.9 Å². The molecule has 2 spiro atoms. The lowest BCUT2D eigenvalue weighted by molar-refractivity contribution is -0.312. The predicted molar refractivity (Wildman–Crippen MR) is 464 cm³/mol. The molecule has 125 heavy (non-hydrogen) atoms. The maximum Gasteiger partial charge on any atom is 0.316 e. The number of carbonyl (C=O) groups excluding carboxylic acids is 2. The Hall–Kier alpha value is -4.62. The molecule has 0 amide bonds. The van der Waals surface area contributed by atoms with Gasteiger partial charge in [-0.1, -0.05) is 135 Å². The van der Waals surface area contributed by atoms with Crippen LogP contribution < -0.4 is 10.6 Å². The molecule has 14 aliphatic rings. The molecular weight excluding hydrogens is 1610 g/mol. The lowest BCUT2D eigenvalue weighted by atomic mass is 9.71. The van der Waals surface area contributed by atoms with Gasteiger partial charge in [-0.25, -0.2) is 0 Å². The highest BCUT2D eigenvalue weighted by Gasteiger charge is 2.63. The minimum absolute atomic E-state index is 0.0407. The van der Waals surface area contributed by atoms with Crippen molar-refractivity contribution in [1.82, 2.24) is 10.6 Å². The number of hydrogen-bond donors (Lipinski definition) is 6. The van der Waals surface area contributed by atoms with E-state index in [0.29, 0.717) is 86.5 Å². The third kappa shape index (κ3) is 21.1. The lowest BCUT2D eigenvalue weighted by Crippen LogP contribution is -2.58. The fourth-order valence-corrected chi connectivity index (χ4v) is 21.9. The lowest BCUT2D eigenvalue weighted by Gasteiger charge is -2.48. The van der Waals surface area contributed by atoms with Gasteiger partial charge in [0.1, 0.15) is 71.9 Å². The van der Waals surface area contributed by atoms with Crippen molar-refractivity contribution in [2.24, 2.45) is 47.3 Å². The molecule has 39 atom stereocenters. The molecule has 28 nitrogen and oxygen atoms in total. The van der Waals surface area contributed by atoms with Crippen LogP contribution in [0.15, 0.2) is 119 Å². The maximum atomic E-state index is 14.4. The molecule has 0 aromatic rings. The Morgan fingerprint density at radius 3 is 1.23 bits per heavy atom. The van der Waals surface area contributed by atoms with Gasteiger partial charge in [-0.2, -0.15) is 0 Å². The van der Waals surface area contributed by atoms with Crippen LogP contribution in [-0.2, 0) is 104 Å². The smallest absolute Gasteiger partial charge is 0.316 e. The van der Waals surface area contributed by atoms with Gasteiger partial charge < -0.3 is 126 Å². The molecule has 6 N–H and O–H groups in total. The van der Waals surface area contributed by atoms with Crippen LogP contribution in [0.2, 0.25) is 0 Å². The topological polar surface area (TPSA) is 324 Å². The molecule has 0 radical (unpaired) electrons. The Morgan fingerprint density at radius 2 is 0.848 bits per heavy atom. The summed E-state index contributed by atoms with van der Waals surface area (Å²) in [5.41, 5.74) is 0.355. The Bertz CT molecular complexity index is 3970. The van der Waals surface area contributed by atoms with Crippen molar-refractivity contribution in [2.75, 3.05) is 55.7 Å².